The molecule has 1 aliphatic carbocycles. The Bertz CT molecular complexity index is 819. The van der Waals surface area contributed by atoms with Gasteiger partial charge < -0.3 is 10.6 Å². The van der Waals surface area contributed by atoms with Gasteiger partial charge in [0.05, 0.1) is 5.56 Å². The molecular formula is C18H16BrClN2O2. The van der Waals surface area contributed by atoms with Crippen molar-refractivity contribution in [2.75, 3.05) is 10.6 Å². The van der Waals surface area contributed by atoms with Crippen molar-refractivity contribution in [1.82, 2.24) is 0 Å². The highest BCUT2D eigenvalue weighted by Gasteiger charge is 2.29. The van der Waals surface area contributed by atoms with Crippen LogP contribution in [0.15, 0.2) is 40.9 Å². The van der Waals surface area contributed by atoms with Gasteiger partial charge in [-0.25, -0.2) is 0 Å². The van der Waals surface area contributed by atoms with Gasteiger partial charge in [0.15, 0.2) is 0 Å². The molecule has 4 nitrogen and oxygen atoms in total. The lowest BCUT2D eigenvalue weighted by Crippen LogP contribution is -2.15. The number of anilines is 2. The van der Waals surface area contributed by atoms with Gasteiger partial charge in [0.1, 0.15) is 0 Å². The topological polar surface area (TPSA) is 58.2 Å². The van der Waals surface area contributed by atoms with Crippen LogP contribution in [0, 0.1) is 12.8 Å². The van der Waals surface area contributed by atoms with E-state index in [1.54, 1.807) is 24.3 Å². The zero-order chi connectivity index (χ0) is 17.3. The summed E-state index contributed by atoms with van der Waals surface area (Å²) < 4.78 is 0.667. The number of carbonyl (C=O) groups excluding carboxylic acids is 2. The predicted molar refractivity (Wildman–Crippen MR) is 99.6 cm³/mol. The molecule has 1 saturated carbocycles. The minimum atomic E-state index is -0.266. The van der Waals surface area contributed by atoms with Crippen molar-refractivity contribution < 1.29 is 9.59 Å². The summed E-state index contributed by atoms with van der Waals surface area (Å²) >= 11 is 9.32. The van der Waals surface area contributed by atoms with Crippen molar-refractivity contribution in [3.63, 3.8) is 0 Å². The molecule has 1 fully saturated rings. The fourth-order valence-corrected chi connectivity index (χ4v) is 2.88. The fraction of sp³-hybridized carbons (Fsp3) is 0.222. The van der Waals surface area contributed by atoms with Crippen LogP contribution in [0.1, 0.15) is 28.8 Å². The van der Waals surface area contributed by atoms with Crippen molar-refractivity contribution in [3.05, 3.63) is 57.0 Å². The SMILES string of the molecule is Cc1ccc(NC(=O)C2CC2)cc1NC(=O)c1cc(Cl)ccc1Br. The van der Waals surface area contributed by atoms with E-state index < -0.39 is 0 Å². The highest BCUT2D eigenvalue weighted by molar-refractivity contribution is 9.10. The highest BCUT2D eigenvalue weighted by atomic mass is 79.9. The van der Waals surface area contributed by atoms with E-state index in [0.29, 0.717) is 26.4 Å². The summed E-state index contributed by atoms with van der Waals surface area (Å²) in [7, 11) is 0. The molecule has 2 amide bonds. The van der Waals surface area contributed by atoms with Crippen molar-refractivity contribution in [2.24, 2.45) is 5.92 Å². The summed E-state index contributed by atoms with van der Waals surface area (Å²) in [6.07, 6.45) is 1.90. The van der Waals surface area contributed by atoms with E-state index >= 15 is 0 Å². The molecule has 3 rings (SSSR count). The van der Waals surface area contributed by atoms with E-state index in [-0.39, 0.29) is 17.7 Å². The average molecular weight is 408 g/mol. The van der Waals surface area contributed by atoms with Gasteiger partial charge in [-0.2, -0.15) is 0 Å². The molecule has 24 heavy (non-hydrogen) atoms. The molecule has 0 atom stereocenters. The number of hydrogen-bond acceptors (Lipinski definition) is 2. The van der Waals surface area contributed by atoms with Crippen LogP contribution in [0.4, 0.5) is 11.4 Å². The Morgan fingerprint density at radius 3 is 2.58 bits per heavy atom. The molecule has 0 bridgehead atoms. The summed E-state index contributed by atoms with van der Waals surface area (Å²) in [6.45, 7) is 1.90. The van der Waals surface area contributed by atoms with E-state index in [0.717, 1.165) is 18.4 Å². The van der Waals surface area contributed by atoms with Crippen LogP contribution in [-0.2, 0) is 4.79 Å². The molecule has 0 radical (unpaired) electrons. The number of halogens is 2. The number of rotatable bonds is 4. The number of nitrogens with one attached hydrogen (secondary N) is 2. The van der Waals surface area contributed by atoms with E-state index in [2.05, 4.69) is 26.6 Å². The summed E-state index contributed by atoms with van der Waals surface area (Å²) in [6, 6.07) is 10.5. The molecule has 124 valence electrons. The Kier molecular flexibility index (Phi) is 4.92. The van der Waals surface area contributed by atoms with Crippen LogP contribution in [0.5, 0.6) is 0 Å². The minimum absolute atomic E-state index is 0.0358. The Balaban J connectivity index is 1.79. The molecule has 0 saturated heterocycles. The number of benzene rings is 2. The maximum Gasteiger partial charge on any atom is 0.256 e. The van der Waals surface area contributed by atoms with E-state index in [1.165, 1.54) is 0 Å². The first kappa shape index (κ1) is 17.0. The van der Waals surface area contributed by atoms with Crippen LogP contribution >= 0.6 is 27.5 Å². The molecule has 1 aliphatic rings. The lowest BCUT2D eigenvalue weighted by atomic mass is 10.1. The number of aryl methyl sites for hydroxylation is 1. The number of amides is 2. The first-order valence-corrected chi connectivity index (χ1v) is 8.79. The first-order valence-electron chi connectivity index (χ1n) is 7.62. The molecule has 2 aromatic rings. The van der Waals surface area contributed by atoms with Crippen molar-refractivity contribution in [1.29, 1.82) is 0 Å². The second-order valence-corrected chi connectivity index (χ2v) is 7.16. The fourth-order valence-electron chi connectivity index (χ4n) is 2.29. The van der Waals surface area contributed by atoms with Gasteiger partial charge in [-0.3, -0.25) is 9.59 Å². The Morgan fingerprint density at radius 2 is 1.88 bits per heavy atom. The molecule has 6 heteroatoms. The minimum Gasteiger partial charge on any atom is -0.326 e. The zero-order valence-corrected chi connectivity index (χ0v) is 15.4. The maximum atomic E-state index is 12.5. The van der Waals surface area contributed by atoms with Gasteiger partial charge in [0.25, 0.3) is 5.91 Å². The van der Waals surface area contributed by atoms with Gasteiger partial charge in [0.2, 0.25) is 5.91 Å². The van der Waals surface area contributed by atoms with Gasteiger partial charge in [0, 0.05) is 26.8 Å². The molecule has 2 N–H and O–H groups in total. The summed E-state index contributed by atoms with van der Waals surface area (Å²) in [5, 5.41) is 6.25. The van der Waals surface area contributed by atoms with Crippen molar-refractivity contribution in [3.8, 4) is 0 Å². The zero-order valence-electron chi connectivity index (χ0n) is 13.0. The van der Waals surface area contributed by atoms with Crippen LogP contribution < -0.4 is 10.6 Å². The first-order chi connectivity index (χ1) is 11.4. The largest absolute Gasteiger partial charge is 0.326 e. The van der Waals surface area contributed by atoms with Gasteiger partial charge in [-0.05, 0) is 71.6 Å². The maximum absolute atomic E-state index is 12.5. The number of carbonyl (C=O) groups is 2. The second kappa shape index (κ2) is 6.95. The quantitative estimate of drug-likeness (QED) is 0.748. The van der Waals surface area contributed by atoms with Crippen LogP contribution in [0.2, 0.25) is 5.02 Å². The Hall–Kier alpha value is -1.85. The molecule has 0 spiro atoms. The standard InChI is InChI=1S/C18H16BrClN2O2/c1-10-2-6-13(21-17(23)11-3-4-11)9-16(10)22-18(24)14-8-12(20)5-7-15(14)19/h2,5-9,11H,3-4H2,1H3,(H,21,23)(H,22,24). The van der Waals surface area contributed by atoms with Crippen LogP contribution in [-0.4, -0.2) is 11.8 Å². The van der Waals surface area contributed by atoms with E-state index in [1.807, 2.05) is 19.1 Å². The summed E-state index contributed by atoms with van der Waals surface area (Å²) in [5.74, 6) is -0.0985. The monoisotopic (exact) mass is 406 g/mol. The average Bonchev–Trinajstić information content (AvgIpc) is 3.37. The van der Waals surface area contributed by atoms with Gasteiger partial charge in [-0.1, -0.05) is 17.7 Å². The Labute approximate surface area is 153 Å². The normalized spacial score (nSPS) is 13.5. The Morgan fingerprint density at radius 1 is 1.12 bits per heavy atom. The van der Waals surface area contributed by atoms with Crippen LogP contribution in [0.3, 0.4) is 0 Å². The van der Waals surface area contributed by atoms with E-state index in [4.69, 9.17) is 11.6 Å². The molecular weight excluding hydrogens is 392 g/mol. The molecule has 0 unspecified atom stereocenters. The highest BCUT2D eigenvalue weighted by Crippen LogP contribution is 2.31. The molecule has 2 aromatic carbocycles. The third kappa shape index (κ3) is 3.97. The third-order valence-electron chi connectivity index (χ3n) is 3.87. The third-order valence-corrected chi connectivity index (χ3v) is 4.80. The van der Waals surface area contributed by atoms with Crippen LogP contribution in [0.25, 0.3) is 0 Å². The van der Waals surface area contributed by atoms with E-state index in [9.17, 15) is 9.59 Å². The summed E-state index contributed by atoms with van der Waals surface area (Å²) in [4.78, 5) is 24.4. The predicted octanol–water partition coefficient (Wildman–Crippen LogP) is 5.01. The summed E-state index contributed by atoms with van der Waals surface area (Å²) in [5.41, 5.74) is 2.69. The lowest BCUT2D eigenvalue weighted by molar-refractivity contribution is -0.117. The smallest absolute Gasteiger partial charge is 0.256 e. The number of hydrogen-bond donors (Lipinski definition) is 2. The van der Waals surface area contributed by atoms with Crippen molar-refractivity contribution >= 4 is 50.7 Å². The lowest BCUT2D eigenvalue weighted by Gasteiger charge is -2.12. The molecule has 0 aromatic heterocycles. The molecule has 0 aliphatic heterocycles. The van der Waals surface area contributed by atoms with Gasteiger partial charge in [-0.15, -0.1) is 0 Å². The molecule has 0 heterocycles. The van der Waals surface area contributed by atoms with Gasteiger partial charge >= 0.3 is 0 Å². The van der Waals surface area contributed by atoms with Crippen molar-refractivity contribution in [2.45, 2.75) is 19.8 Å². The second-order valence-electron chi connectivity index (χ2n) is 5.87.